The Morgan fingerprint density at radius 3 is 2.53 bits per heavy atom. The lowest BCUT2D eigenvalue weighted by atomic mass is 10.3. The molecule has 0 amide bonds. The Morgan fingerprint density at radius 2 is 2.00 bits per heavy atom. The van der Waals surface area contributed by atoms with Gasteiger partial charge >= 0.3 is 0 Å². The molecule has 1 aliphatic carbocycles. The second-order valence-corrected chi connectivity index (χ2v) is 6.07. The monoisotopic (exact) mass is 234 g/mol. The zero-order valence-electron chi connectivity index (χ0n) is 9.62. The van der Waals surface area contributed by atoms with Crippen molar-refractivity contribution in [2.45, 2.75) is 39.2 Å². The highest BCUT2D eigenvalue weighted by Crippen LogP contribution is 2.33. The summed E-state index contributed by atoms with van der Waals surface area (Å²) in [5.41, 5.74) is 0. The highest BCUT2D eigenvalue weighted by Gasteiger charge is 2.37. The highest BCUT2D eigenvalue weighted by molar-refractivity contribution is 7.89. The zero-order chi connectivity index (χ0) is 11.3. The molecule has 1 aliphatic rings. The third-order valence-corrected chi connectivity index (χ3v) is 4.16. The van der Waals surface area contributed by atoms with Crippen molar-refractivity contribution in [1.82, 2.24) is 10.0 Å². The Morgan fingerprint density at radius 1 is 1.27 bits per heavy atom. The van der Waals surface area contributed by atoms with E-state index in [1.807, 2.05) is 0 Å². The molecule has 15 heavy (non-hydrogen) atoms. The standard InChI is InChI=1S/C10H22N2O2S/c1-3-5-11-6-7-15(13,14)12-10-8-9(10)4-2/h9-12H,3-8H2,1-2H3. The predicted octanol–water partition coefficient (Wildman–Crippen LogP) is 0.704. The summed E-state index contributed by atoms with van der Waals surface area (Å²) < 4.78 is 25.8. The molecular weight excluding hydrogens is 212 g/mol. The van der Waals surface area contributed by atoms with Crippen molar-refractivity contribution in [3.63, 3.8) is 0 Å². The maximum atomic E-state index is 11.6. The van der Waals surface area contributed by atoms with E-state index in [0.717, 1.165) is 25.8 Å². The van der Waals surface area contributed by atoms with Crippen LogP contribution in [0.3, 0.4) is 0 Å². The van der Waals surface area contributed by atoms with Crippen molar-refractivity contribution in [3.8, 4) is 0 Å². The minimum Gasteiger partial charge on any atom is -0.316 e. The van der Waals surface area contributed by atoms with E-state index in [1.165, 1.54) is 0 Å². The van der Waals surface area contributed by atoms with Gasteiger partial charge in [0.25, 0.3) is 0 Å². The average Bonchev–Trinajstić information content (AvgIpc) is 2.90. The maximum Gasteiger partial charge on any atom is 0.213 e. The smallest absolute Gasteiger partial charge is 0.213 e. The maximum absolute atomic E-state index is 11.6. The number of hydrogen-bond acceptors (Lipinski definition) is 3. The van der Waals surface area contributed by atoms with Gasteiger partial charge in [-0.05, 0) is 25.3 Å². The van der Waals surface area contributed by atoms with Crippen molar-refractivity contribution < 1.29 is 8.42 Å². The SMILES string of the molecule is CCCNCCS(=O)(=O)NC1CC1CC. The predicted molar refractivity (Wildman–Crippen MR) is 62.3 cm³/mol. The molecule has 0 bridgehead atoms. The summed E-state index contributed by atoms with van der Waals surface area (Å²) in [7, 11) is -3.05. The average molecular weight is 234 g/mol. The highest BCUT2D eigenvalue weighted by atomic mass is 32.2. The molecule has 0 aromatic rings. The Labute approximate surface area is 92.9 Å². The molecule has 0 aromatic carbocycles. The van der Waals surface area contributed by atoms with Crippen LogP contribution in [0.25, 0.3) is 0 Å². The molecule has 0 aliphatic heterocycles. The Balaban J connectivity index is 2.16. The van der Waals surface area contributed by atoms with Crippen LogP contribution in [0.4, 0.5) is 0 Å². The summed E-state index contributed by atoms with van der Waals surface area (Å²) in [6.45, 7) is 5.60. The zero-order valence-corrected chi connectivity index (χ0v) is 10.4. The minimum absolute atomic E-state index is 0.194. The van der Waals surface area contributed by atoms with Gasteiger partial charge in [0.2, 0.25) is 10.0 Å². The van der Waals surface area contributed by atoms with Crippen LogP contribution < -0.4 is 10.0 Å². The summed E-state index contributed by atoms with van der Waals surface area (Å²) in [5.74, 6) is 0.767. The number of sulfonamides is 1. The lowest BCUT2D eigenvalue weighted by Crippen LogP contribution is -2.34. The number of rotatable bonds is 8. The van der Waals surface area contributed by atoms with Gasteiger partial charge < -0.3 is 5.32 Å². The fourth-order valence-corrected chi connectivity index (χ4v) is 2.92. The molecule has 2 atom stereocenters. The van der Waals surface area contributed by atoms with Crippen molar-refractivity contribution in [3.05, 3.63) is 0 Å². The van der Waals surface area contributed by atoms with Crippen LogP contribution in [0, 0.1) is 5.92 Å². The van der Waals surface area contributed by atoms with Crippen LogP contribution >= 0.6 is 0 Å². The van der Waals surface area contributed by atoms with Crippen LogP contribution in [0.5, 0.6) is 0 Å². The molecule has 1 saturated carbocycles. The van der Waals surface area contributed by atoms with Crippen LogP contribution in [0.2, 0.25) is 0 Å². The quantitative estimate of drug-likeness (QED) is 0.608. The van der Waals surface area contributed by atoms with E-state index in [4.69, 9.17) is 0 Å². The summed E-state index contributed by atoms with van der Waals surface area (Å²) in [4.78, 5) is 0. The van der Waals surface area contributed by atoms with Crippen LogP contribution in [-0.2, 0) is 10.0 Å². The molecule has 0 spiro atoms. The number of nitrogens with one attached hydrogen (secondary N) is 2. The van der Waals surface area contributed by atoms with E-state index in [2.05, 4.69) is 23.9 Å². The largest absolute Gasteiger partial charge is 0.316 e. The van der Waals surface area contributed by atoms with Gasteiger partial charge in [0, 0.05) is 12.6 Å². The van der Waals surface area contributed by atoms with E-state index >= 15 is 0 Å². The normalized spacial score (nSPS) is 25.5. The third kappa shape index (κ3) is 4.95. The second-order valence-electron chi connectivity index (χ2n) is 4.20. The van der Waals surface area contributed by atoms with Gasteiger partial charge in [0.1, 0.15) is 0 Å². The molecular formula is C10H22N2O2S. The van der Waals surface area contributed by atoms with Crippen LogP contribution in [0.1, 0.15) is 33.1 Å². The van der Waals surface area contributed by atoms with E-state index in [-0.39, 0.29) is 11.8 Å². The van der Waals surface area contributed by atoms with Crippen molar-refractivity contribution >= 4 is 10.0 Å². The van der Waals surface area contributed by atoms with Crippen LogP contribution in [0.15, 0.2) is 0 Å². The molecule has 2 N–H and O–H groups in total. The van der Waals surface area contributed by atoms with Gasteiger partial charge in [0.05, 0.1) is 5.75 Å². The van der Waals surface area contributed by atoms with Gasteiger partial charge in [-0.15, -0.1) is 0 Å². The Hall–Kier alpha value is -0.130. The van der Waals surface area contributed by atoms with Gasteiger partial charge in [-0.2, -0.15) is 0 Å². The van der Waals surface area contributed by atoms with Gasteiger partial charge in [0.15, 0.2) is 0 Å². The van der Waals surface area contributed by atoms with E-state index < -0.39 is 10.0 Å². The number of hydrogen-bond donors (Lipinski definition) is 2. The summed E-state index contributed by atoms with van der Waals surface area (Å²) >= 11 is 0. The summed E-state index contributed by atoms with van der Waals surface area (Å²) in [6.07, 6.45) is 3.12. The van der Waals surface area contributed by atoms with Gasteiger partial charge in [-0.1, -0.05) is 20.3 Å². The summed E-state index contributed by atoms with van der Waals surface area (Å²) in [6, 6.07) is 0.214. The first-order valence-electron chi connectivity index (χ1n) is 5.79. The molecule has 5 heteroatoms. The molecule has 1 rings (SSSR count). The molecule has 1 fully saturated rings. The second kappa shape index (κ2) is 5.82. The Bertz CT molecular complexity index is 277. The van der Waals surface area contributed by atoms with E-state index in [1.54, 1.807) is 0 Å². The first-order valence-corrected chi connectivity index (χ1v) is 7.45. The van der Waals surface area contributed by atoms with Crippen molar-refractivity contribution in [2.24, 2.45) is 5.92 Å². The fourth-order valence-electron chi connectivity index (χ4n) is 1.64. The first kappa shape index (κ1) is 12.9. The topological polar surface area (TPSA) is 58.2 Å². The van der Waals surface area contributed by atoms with E-state index in [9.17, 15) is 8.42 Å². The minimum atomic E-state index is -3.05. The lowest BCUT2D eigenvalue weighted by Gasteiger charge is -2.06. The molecule has 4 nitrogen and oxygen atoms in total. The molecule has 0 radical (unpaired) electrons. The van der Waals surface area contributed by atoms with Crippen molar-refractivity contribution in [2.75, 3.05) is 18.8 Å². The third-order valence-electron chi connectivity index (χ3n) is 2.75. The van der Waals surface area contributed by atoms with E-state index in [0.29, 0.717) is 12.5 Å². The molecule has 2 unspecified atom stereocenters. The fraction of sp³-hybridized carbons (Fsp3) is 1.00. The molecule has 90 valence electrons. The summed E-state index contributed by atoms with van der Waals surface area (Å²) in [5, 5.41) is 3.09. The lowest BCUT2D eigenvalue weighted by molar-refractivity contribution is 0.571. The first-order chi connectivity index (χ1) is 7.09. The Kier molecular flexibility index (Phi) is 5.02. The molecule has 0 saturated heterocycles. The molecule has 0 heterocycles. The van der Waals surface area contributed by atoms with Gasteiger partial charge in [-0.25, -0.2) is 13.1 Å². The van der Waals surface area contributed by atoms with Crippen LogP contribution in [-0.4, -0.2) is 33.3 Å². The molecule has 0 aromatic heterocycles. The van der Waals surface area contributed by atoms with Crippen molar-refractivity contribution in [1.29, 1.82) is 0 Å². The van der Waals surface area contributed by atoms with Gasteiger partial charge in [-0.3, -0.25) is 0 Å².